The van der Waals surface area contributed by atoms with Crippen molar-refractivity contribution in [3.8, 4) is 5.75 Å². The molecule has 0 saturated carbocycles. The molecule has 0 amide bonds. The van der Waals surface area contributed by atoms with E-state index in [1.54, 1.807) is 0 Å². The van der Waals surface area contributed by atoms with Gasteiger partial charge in [-0.2, -0.15) is 21.6 Å². The lowest BCUT2D eigenvalue weighted by Crippen LogP contribution is -2.39. The minimum Gasteiger partial charge on any atom is -0.448 e. The van der Waals surface area contributed by atoms with Gasteiger partial charge in [-0.1, -0.05) is 40.2 Å². The van der Waals surface area contributed by atoms with Crippen LogP contribution in [0.25, 0.3) is 10.8 Å². The molecule has 2 atom stereocenters. The lowest BCUT2D eigenvalue weighted by atomic mass is 10.0. The van der Waals surface area contributed by atoms with E-state index in [2.05, 4.69) is 20.7 Å². The first kappa shape index (κ1) is 23.1. The van der Waals surface area contributed by atoms with Crippen LogP contribution < -0.4 is 4.74 Å². The molecule has 0 spiro atoms. The summed E-state index contributed by atoms with van der Waals surface area (Å²) in [5.41, 5.74) is -0.308. The van der Waals surface area contributed by atoms with Crippen LogP contribution in [0.3, 0.4) is 0 Å². The largest absolute Gasteiger partial charge is 0.448 e. The second-order valence-corrected chi connectivity index (χ2v) is 8.75. The van der Waals surface area contributed by atoms with Crippen molar-refractivity contribution in [2.75, 3.05) is 5.75 Å². The zero-order valence-electron chi connectivity index (χ0n) is 14.6. The zero-order valence-corrected chi connectivity index (χ0v) is 17.0. The summed E-state index contributed by atoms with van der Waals surface area (Å²) >= 11 is 3.04. The Balaban J connectivity index is 2.42. The molecule has 7 nitrogen and oxygen atoms in total. The maximum Gasteiger partial charge on any atom is 0.426 e. The average Bonchev–Trinajstić information content (AvgIpc) is 2.58. The smallest absolute Gasteiger partial charge is 0.426 e. The molecule has 0 aliphatic carbocycles. The Labute approximate surface area is 171 Å². The number of rotatable bonds is 6. The van der Waals surface area contributed by atoms with Gasteiger partial charge in [0.25, 0.3) is 10.1 Å². The number of ether oxygens (including phenoxy) is 2. The fourth-order valence-electron chi connectivity index (χ4n) is 2.32. The third-order valence-corrected chi connectivity index (χ3v) is 4.71. The van der Waals surface area contributed by atoms with Crippen LogP contribution in [0.5, 0.6) is 5.75 Å². The predicted molar refractivity (Wildman–Crippen MR) is 99.6 cm³/mol. The Morgan fingerprint density at radius 3 is 2.28 bits per heavy atom. The van der Waals surface area contributed by atoms with Crippen molar-refractivity contribution in [3.63, 3.8) is 0 Å². The van der Waals surface area contributed by atoms with Gasteiger partial charge in [-0.15, -0.1) is 0 Å². The second kappa shape index (κ2) is 8.67. The number of alkyl halides is 4. The van der Waals surface area contributed by atoms with E-state index in [0.717, 1.165) is 0 Å². The number of hydrogen-bond donors (Lipinski definition) is 1. The SMILES string of the molecule is CC(Br)C(=O)Oc1cccc2c(C(=O)OC(CS(=O)(=O)O)C(F)(F)F)cccc12. The molecular weight excluding hydrogens is 485 g/mol. The third-order valence-electron chi connectivity index (χ3n) is 3.61. The lowest BCUT2D eigenvalue weighted by molar-refractivity contribution is -0.197. The molecule has 0 aliphatic rings. The van der Waals surface area contributed by atoms with E-state index in [1.807, 2.05) is 0 Å². The van der Waals surface area contributed by atoms with Crippen molar-refractivity contribution >= 4 is 48.8 Å². The Morgan fingerprint density at radius 1 is 1.14 bits per heavy atom. The van der Waals surface area contributed by atoms with Crippen LogP contribution in [0.15, 0.2) is 36.4 Å². The number of halogens is 4. The summed E-state index contributed by atoms with van der Waals surface area (Å²) in [5, 5.41) is 0.375. The Kier molecular flexibility index (Phi) is 6.91. The summed E-state index contributed by atoms with van der Waals surface area (Å²) in [7, 11) is -5.06. The van der Waals surface area contributed by atoms with Gasteiger partial charge >= 0.3 is 18.1 Å². The summed E-state index contributed by atoms with van der Waals surface area (Å²) in [6.45, 7) is 1.53. The highest BCUT2D eigenvalue weighted by Gasteiger charge is 2.45. The van der Waals surface area contributed by atoms with Crippen LogP contribution in [-0.4, -0.2) is 47.8 Å². The third kappa shape index (κ3) is 6.15. The van der Waals surface area contributed by atoms with Crippen LogP contribution in [0, 0.1) is 0 Å². The zero-order chi connectivity index (χ0) is 22.0. The average molecular weight is 499 g/mol. The second-order valence-electron chi connectivity index (χ2n) is 5.88. The topological polar surface area (TPSA) is 107 Å². The summed E-state index contributed by atoms with van der Waals surface area (Å²) in [4.78, 5) is 23.5. The van der Waals surface area contributed by atoms with Crippen LogP contribution in [-0.2, 0) is 19.6 Å². The maximum atomic E-state index is 13.0. The quantitative estimate of drug-likeness (QED) is 0.281. The molecule has 2 aromatic carbocycles. The van der Waals surface area contributed by atoms with Crippen LogP contribution in [0.2, 0.25) is 0 Å². The van der Waals surface area contributed by atoms with Gasteiger partial charge in [0.15, 0.2) is 0 Å². The summed E-state index contributed by atoms with van der Waals surface area (Å²) < 4.78 is 78.9. The van der Waals surface area contributed by atoms with Gasteiger partial charge < -0.3 is 9.47 Å². The van der Waals surface area contributed by atoms with E-state index >= 15 is 0 Å². The number of carbonyl (C=O) groups excluding carboxylic acids is 2. The van der Waals surface area contributed by atoms with Crippen LogP contribution in [0.4, 0.5) is 13.2 Å². The fraction of sp³-hybridized carbons (Fsp3) is 0.294. The highest BCUT2D eigenvalue weighted by molar-refractivity contribution is 9.10. The molecule has 0 saturated heterocycles. The minimum absolute atomic E-state index is 0.0683. The Bertz CT molecular complexity index is 1030. The molecule has 0 heterocycles. The molecule has 158 valence electrons. The number of carbonyl (C=O) groups is 2. The molecule has 2 aromatic rings. The van der Waals surface area contributed by atoms with Crippen molar-refractivity contribution < 1.29 is 45.2 Å². The van der Waals surface area contributed by atoms with E-state index in [4.69, 9.17) is 9.29 Å². The van der Waals surface area contributed by atoms with Gasteiger partial charge in [-0.05, 0) is 24.4 Å². The summed E-state index contributed by atoms with van der Waals surface area (Å²) in [5.74, 6) is -3.85. The monoisotopic (exact) mass is 498 g/mol. The van der Waals surface area contributed by atoms with Crippen molar-refractivity contribution in [2.24, 2.45) is 0 Å². The predicted octanol–water partition coefficient (Wildman–Crippen LogP) is 3.50. The number of esters is 2. The van der Waals surface area contributed by atoms with E-state index in [1.165, 1.54) is 43.3 Å². The lowest BCUT2D eigenvalue weighted by Gasteiger charge is -2.20. The van der Waals surface area contributed by atoms with Gasteiger partial charge in [0.2, 0.25) is 6.10 Å². The van der Waals surface area contributed by atoms with E-state index in [0.29, 0.717) is 0 Å². The van der Waals surface area contributed by atoms with E-state index < -0.39 is 44.9 Å². The van der Waals surface area contributed by atoms with Crippen molar-refractivity contribution in [2.45, 2.75) is 24.0 Å². The molecule has 0 aromatic heterocycles. The van der Waals surface area contributed by atoms with E-state index in [9.17, 15) is 31.2 Å². The molecule has 0 radical (unpaired) electrons. The van der Waals surface area contributed by atoms with Gasteiger partial charge in [0, 0.05) is 5.39 Å². The molecule has 29 heavy (non-hydrogen) atoms. The molecule has 1 N–H and O–H groups in total. The molecule has 0 fully saturated rings. The van der Waals surface area contributed by atoms with Gasteiger partial charge in [0.1, 0.15) is 16.3 Å². The van der Waals surface area contributed by atoms with Crippen LogP contribution in [0.1, 0.15) is 17.3 Å². The van der Waals surface area contributed by atoms with Crippen molar-refractivity contribution in [1.82, 2.24) is 0 Å². The molecule has 2 rings (SSSR count). The fourth-order valence-corrected chi connectivity index (χ4v) is 3.05. The normalized spacial score (nSPS) is 14.3. The Morgan fingerprint density at radius 2 is 1.72 bits per heavy atom. The molecule has 0 aliphatic heterocycles. The molecule has 2 unspecified atom stereocenters. The Hall–Kier alpha value is -2.18. The number of benzene rings is 2. The summed E-state index contributed by atoms with van der Waals surface area (Å²) in [6, 6.07) is 8.23. The van der Waals surface area contributed by atoms with Crippen LogP contribution >= 0.6 is 15.9 Å². The van der Waals surface area contributed by atoms with Gasteiger partial charge in [-0.25, -0.2) is 4.79 Å². The first-order chi connectivity index (χ1) is 13.3. The standard InChI is InChI=1S/C17H14BrF3O7S/c1-9(18)15(22)27-13-7-3-4-10-11(13)5-2-6-12(10)16(23)28-14(17(19,20)21)8-29(24,25)26/h2-7,9,14H,8H2,1H3,(H,24,25,26). The maximum absolute atomic E-state index is 13.0. The van der Waals surface area contributed by atoms with Gasteiger partial charge in [0.05, 0.1) is 5.56 Å². The molecule has 0 bridgehead atoms. The first-order valence-corrected chi connectivity index (χ1v) is 10.4. The molecule has 12 heteroatoms. The highest BCUT2D eigenvalue weighted by atomic mass is 79.9. The minimum atomic E-state index is -5.22. The molecular formula is C17H14BrF3O7S. The first-order valence-electron chi connectivity index (χ1n) is 7.90. The van der Waals surface area contributed by atoms with Gasteiger partial charge in [-0.3, -0.25) is 9.35 Å². The van der Waals surface area contributed by atoms with E-state index in [-0.39, 0.29) is 22.1 Å². The highest BCUT2D eigenvalue weighted by Crippen LogP contribution is 2.31. The number of hydrogen-bond acceptors (Lipinski definition) is 6. The van der Waals surface area contributed by atoms with Crippen molar-refractivity contribution in [3.05, 3.63) is 42.0 Å². The van der Waals surface area contributed by atoms with Crippen molar-refractivity contribution in [1.29, 1.82) is 0 Å². The summed E-state index contributed by atoms with van der Waals surface area (Å²) in [6.07, 6.45) is -8.28. The number of fused-ring (bicyclic) bond motifs is 1.